The van der Waals surface area contributed by atoms with Gasteiger partial charge in [0.2, 0.25) is 0 Å². The van der Waals surface area contributed by atoms with E-state index in [0.717, 1.165) is 95.0 Å². The molecule has 0 amide bonds. The number of nitrogens with one attached hydrogen (secondary N) is 3. The molecule has 3 N–H and O–H groups in total. The summed E-state index contributed by atoms with van der Waals surface area (Å²) in [5.41, 5.74) is 2.91. The van der Waals surface area contributed by atoms with Crippen LogP contribution in [0.3, 0.4) is 0 Å². The molecule has 0 bridgehead atoms. The monoisotopic (exact) mass is 683 g/mol. The summed E-state index contributed by atoms with van der Waals surface area (Å²) in [6.07, 6.45) is 10.0. The smallest absolute Gasteiger partial charge is 0.269 e. The van der Waals surface area contributed by atoms with Crippen LogP contribution in [0.2, 0.25) is 10.0 Å². The highest BCUT2D eigenvalue weighted by Crippen LogP contribution is 2.32. The van der Waals surface area contributed by atoms with Gasteiger partial charge in [0.15, 0.2) is 17.5 Å². The fourth-order valence-electron chi connectivity index (χ4n) is 6.75. The van der Waals surface area contributed by atoms with Crippen molar-refractivity contribution in [3.63, 3.8) is 0 Å². The number of pyridine rings is 1. The summed E-state index contributed by atoms with van der Waals surface area (Å²) in [6.45, 7) is 7.97. The Kier molecular flexibility index (Phi) is 9.55. The Morgan fingerprint density at radius 2 is 1.85 bits per heavy atom. The average molecular weight is 685 g/mol. The topological polar surface area (TPSA) is 130 Å². The minimum Gasteiger partial charge on any atom is -0.364 e. The SMILES string of the molecule is CCC[C@H]1CN(c2ncc(NC3=NS(=O)N=C3NC3CC3)cc2Cl)CCN1C1CCN(Cc2ccc(Cl)cc2-c2ncn[nH]2)CC1. The maximum Gasteiger partial charge on any atom is 0.269 e. The lowest BCUT2D eigenvalue weighted by Gasteiger charge is -2.48. The maximum atomic E-state index is 12.0. The molecule has 2 atom stereocenters. The summed E-state index contributed by atoms with van der Waals surface area (Å²) in [6, 6.07) is 9.27. The van der Waals surface area contributed by atoms with Crippen LogP contribution in [0.1, 0.15) is 51.0 Å². The molecule has 1 aliphatic carbocycles. The van der Waals surface area contributed by atoms with E-state index in [1.54, 1.807) is 6.20 Å². The summed E-state index contributed by atoms with van der Waals surface area (Å²) in [5, 5.41) is 14.8. The van der Waals surface area contributed by atoms with Crippen molar-refractivity contribution in [1.29, 1.82) is 0 Å². The highest BCUT2D eigenvalue weighted by Gasteiger charge is 2.35. The summed E-state index contributed by atoms with van der Waals surface area (Å²) in [4.78, 5) is 16.7. The van der Waals surface area contributed by atoms with Gasteiger partial charge in [-0.05, 0) is 69.0 Å². The predicted molar refractivity (Wildman–Crippen MR) is 185 cm³/mol. The number of hydrogen-bond donors (Lipinski definition) is 3. The summed E-state index contributed by atoms with van der Waals surface area (Å²) < 4.78 is 20.2. The molecule has 46 heavy (non-hydrogen) atoms. The predicted octanol–water partition coefficient (Wildman–Crippen LogP) is 4.68. The molecule has 0 spiro atoms. The van der Waals surface area contributed by atoms with E-state index in [2.05, 4.69) is 62.3 Å². The van der Waals surface area contributed by atoms with Crippen LogP contribution < -0.4 is 15.5 Å². The fourth-order valence-corrected chi connectivity index (χ4v) is 7.84. The number of nitrogens with zero attached hydrogens (tertiary/aromatic N) is 8. The van der Waals surface area contributed by atoms with Crippen molar-refractivity contribution < 1.29 is 4.21 Å². The fraction of sp³-hybridized carbons (Fsp3) is 0.516. The van der Waals surface area contributed by atoms with E-state index in [-0.39, 0.29) is 0 Å². The number of halogens is 2. The van der Waals surface area contributed by atoms with Crippen LogP contribution in [0.25, 0.3) is 11.4 Å². The zero-order chi connectivity index (χ0) is 31.6. The van der Waals surface area contributed by atoms with Gasteiger partial charge in [0.05, 0.1) is 16.9 Å². The molecule has 3 aliphatic heterocycles. The van der Waals surface area contributed by atoms with E-state index in [9.17, 15) is 4.21 Å². The van der Waals surface area contributed by atoms with Gasteiger partial charge in [-0.25, -0.2) is 14.2 Å². The number of rotatable bonds is 9. The number of amidine groups is 2. The van der Waals surface area contributed by atoms with Gasteiger partial charge in [0, 0.05) is 54.9 Å². The minimum absolute atomic E-state index is 0.376. The molecule has 4 aliphatic rings. The van der Waals surface area contributed by atoms with Crippen LogP contribution in [-0.2, 0) is 17.7 Å². The quantitative estimate of drug-likeness (QED) is 0.294. The molecular formula is C31H39Cl2N11OS. The van der Waals surface area contributed by atoms with Crippen LogP contribution >= 0.6 is 23.2 Å². The summed E-state index contributed by atoms with van der Waals surface area (Å²) >= 11 is 11.5. The molecule has 244 valence electrons. The minimum atomic E-state index is -1.62. The Bertz CT molecular complexity index is 1620. The maximum absolute atomic E-state index is 12.0. The lowest BCUT2D eigenvalue weighted by atomic mass is 9.96. The van der Waals surface area contributed by atoms with Gasteiger partial charge < -0.3 is 15.5 Å². The van der Waals surface area contributed by atoms with Crippen LogP contribution in [-0.4, -0.2) is 96.7 Å². The summed E-state index contributed by atoms with van der Waals surface area (Å²) in [5.74, 6) is 2.54. The Balaban J connectivity index is 0.961. The number of benzene rings is 1. The Hall–Kier alpha value is -3.10. The van der Waals surface area contributed by atoms with E-state index in [1.165, 1.54) is 11.9 Å². The van der Waals surface area contributed by atoms with Crippen molar-refractivity contribution in [3.05, 3.63) is 52.4 Å². The molecule has 3 aromatic rings. The molecule has 5 heterocycles. The van der Waals surface area contributed by atoms with E-state index in [0.29, 0.717) is 45.5 Å². The van der Waals surface area contributed by atoms with Gasteiger partial charge in [-0.15, -0.1) is 8.80 Å². The molecule has 7 rings (SSSR count). The number of aromatic nitrogens is 4. The number of H-pyrrole nitrogens is 1. The molecule has 1 aromatic carbocycles. The Labute approximate surface area is 281 Å². The van der Waals surface area contributed by atoms with Gasteiger partial charge in [-0.2, -0.15) is 5.10 Å². The Morgan fingerprint density at radius 3 is 2.59 bits per heavy atom. The first-order valence-electron chi connectivity index (χ1n) is 16.1. The Morgan fingerprint density at radius 1 is 1.02 bits per heavy atom. The lowest BCUT2D eigenvalue weighted by molar-refractivity contribution is 0.0590. The first-order valence-corrected chi connectivity index (χ1v) is 17.9. The molecule has 15 heteroatoms. The van der Waals surface area contributed by atoms with Crippen molar-refractivity contribution in [3.8, 4) is 11.4 Å². The van der Waals surface area contributed by atoms with E-state index < -0.39 is 11.2 Å². The molecule has 1 saturated carbocycles. The third-order valence-corrected chi connectivity index (χ3v) is 10.4. The van der Waals surface area contributed by atoms with E-state index >= 15 is 0 Å². The molecule has 1 unspecified atom stereocenters. The van der Waals surface area contributed by atoms with Crippen LogP contribution in [0.5, 0.6) is 0 Å². The molecular weight excluding hydrogens is 645 g/mol. The summed E-state index contributed by atoms with van der Waals surface area (Å²) in [7, 11) is 0. The molecule has 12 nitrogen and oxygen atoms in total. The lowest BCUT2D eigenvalue weighted by Crippen LogP contribution is -2.58. The van der Waals surface area contributed by atoms with Crippen molar-refractivity contribution >= 4 is 57.6 Å². The van der Waals surface area contributed by atoms with Gasteiger partial charge in [-0.1, -0.05) is 42.6 Å². The van der Waals surface area contributed by atoms with E-state index in [4.69, 9.17) is 28.2 Å². The van der Waals surface area contributed by atoms with Crippen molar-refractivity contribution in [2.75, 3.05) is 42.9 Å². The van der Waals surface area contributed by atoms with Crippen LogP contribution in [0.15, 0.2) is 45.6 Å². The van der Waals surface area contributed by atoms with Crippen LogP contribution in [0, 0.1) is 0 Å². The zero-order valence-electron chi connectivity index (χ0n) is 25.8. The van der Waals surface area contributed by atoms with Gasteiger partial charge >= 0.3 is 0 Å². The third kappa shape index (κ3) is 7.23. The number of anilines is 2. The second-order valence-electron chi connectivity index (χ2n) is 12.5. The molecule has 0 radical (unpaired) electrons. The molecule has 2 saturated heterocycles. The van der Waals surface area contributed by atoms with Gasteiger partial charge in [-0.3, -0.25) is 14.9 Å². The third-order valence-electron chi connectivity index (χ3n) is 9.18. The average Bonchev–Trinajstić information content (AvgIpc) is 3.56. The van der Waals surface area contributed by atoms with Crippen molar-refractivity contribution in [1.82, 2.24) is 35.3 Å². The van der Waals surface area contributed by atoms with Crippen molar-refractivity contribution in [2.45, 2.75) is 70.1 Å². The number of piperazine rings is 1. The number of aromatic amines is 1. The standard InChI is InChI=1S/C31H39Cl2N11OS/c1-2-3-25-18-43(31-27(33)15-23(16-34-31)38-30-29(37-22-6-7-22)40-46(45)41-30)12-13-44(25)24-8-10-42(11-9-24)17-20-4-5-21(32)14-26(20)28-35-19-36-39-28/h4-5,14-16,19,22,24-25H,2-3,6-13,17-18H2,1H3,(H,37,40)(H,38,41)(H,35,36,39)/t25-,46?/m0/s1. The number of likely N-dealkylation sites (tertiary alicyclic amines) is 1. The first-order chi connectivity index (χ1) is 22.4. The number of hydrogen-bond acceptors (Lipinski definition) is 9. The van der Waals surface area contributed by atoms with Crippen molar-refractivity contribution in [2.24, 2.45) is 8.80 Å². The van der Waals surface area contributed by atoms with Gasteiger partial charge in [0.1, 0.15) is 12.1 Å². The zero-order valence-corrected chi connectivity index (χ0v) is 28.2. The van der Waals surface area contributed by atoms with Crippen LogP contribution in [0.4, 0.5) is 11.5 Å². The second kappa shape index (κ2) is 13.9. The first kappa shape index (κ1) is 31.5. The second-order valence-corrected chi connectivity index (χ2v) is 14.1. The number of piperidine rings is 1. The highest BCUT2D eigenvalue weighted by molar-refractivity contribution is 7.83. The largest absolute Gasteiger partial charge is 0.364 e. The van der Waals surface area contributed by atoms with Gasteiger partial charge in [0.25, 0.3) is 11.2 Å². The normalized spacial score (nSPS) is 23.0. The van der Waals surface area contributed by atoms with E-state index in [1.807, 2.05) is 18.2 Å². The molecule has 2 aromatic heterocycles. The molecule has 3 fully saturated rings. The highest BCUT2D eigenvalue weighted by atomic mass is 35.5.